The lowest BCUT2D eigenvalue weighted by atomic mass is 9.81. The van der Waals surface area contributed by atoms with Crippen LogP contribution in [-0.2, 0) is 0 Å². The first-order chi connectivity index (χ1) is 7.29. The zero-order valence-corrected chi connectivity index (χ0v) is 8.02. The topological polar surface area (TPSA) is 9.23 Å². The smallest absolute Gasteiger partial charge is 0.492 e. The number of halogens is 5. The van der Waals surface area contributed by atoms with Crippen molar-refractivity contribution in [3.8, 4) is 5.75 Å². The fraction of sp³-hybridized carbons (Fsp3) is 0.111. The van der Waals surface area contributed by atoms with Gasteiger partial charge in [-0.25, -0.2) is 8.78 Å². The molecule has 0 aromatic heterocycles. The van der Waals surface area contributed by atoms with Crippen LogP contribution in [0.5, 0.6) is 5.75 Å². The minimum Gasteiger partial charge on any atom is -0.492 e. The first-order valence-electron chi connectivity index (χ1n) is 4.25. The second-order valence-electron chi connectivity index (χ2n) is 3.13. The molecule has 0 saturated carbocycles. The Morgan fingerprint density at radius 2 is 1.62 bits per heavy atom. The molecule has 1 aromatic carbocycles. The Morgan fingerprint density at radius 3 is 2.06 bits per heavy atom. The molecule has 0 atom stereocenters. The summed E-state index contributed by atoms with van der Waals surface area (Å²) in [4.78, 5) is 0. The van der Waals surface area contributed by atoms with Gasteiger partial charge in [0.25, 0.3) is 0 Å². The maximum absolute atomic E-state index is 12.6. The molecule has 1 rings (SSSR count). The standard InChI is InChI=1S/C9H7BF5O/c1-6(10(13,14)15)5-16-9-3-7(11)2-8(12)4-9/h2-4H,1,5H2/q-1. The zero-order valence-electron chi connectivity index (χ0n) is 8.02. The largest absolute Gasteiger partial charge is 0.508 e. The second kappa shape index (κ2) is 4.55. The molecule has 1 nitrogen and oxygen atoms in total. The van der Waals surface area contributed by atoms with E-state index >= 15 is 0 Å². The van der Waals surface area contributed by atoms with Crippen LogP contribution in [0.25, 0.3) is 0 Å². The van der Waals surface area contributed by atoms with Gasteiger partial charge < -0.3 is 17.7 Å². The van der Waals surface area contributed by atoms with Crippen molar-refractivity contribution in [2.24, 2.45) is 0 Å². The SMILES string of the molecule is C=C(COc1cc(F)cc(F)c1)[B-](F)(F)F. The van der Waals surface area contributed by atoms with E-state index in [9.17, 15) is 21.7 Å². The second-order valence-corrected chi connectivity index (χ2v) is 3.13. The summed E-state index contributed by atoms with van der Waals surface area (Å²) in [7, 11) is 0. The summed E-state index contributed by atoms with van der Waals surface area (Å²) in [6.07, 6.45) is 0. The van der Waals surface area contributed by atoms with E-state index < -0.39 is 30.7 Å². The number of hydrogen-bond donors (Lipinski definition) is 0. The van der Waals surface area contributed by atoms with Gasteiger partial charge in [-0.05, 0) is 0 Å². The van der Waals surface area contributed by atoms with Crippen LogP contribution >= 0.6 is 0 Å². The molecule has 0 spiro atoms. The van der Waals surface area contributed by atoms with Gasteiger partial charge in [-0.15, -0.1) is 12.1 Å². The molecule has 0 radical (unpaired) electrons. The fourth-order valence-corrected chi connectivity index (χ4v) is 0.882. The normalized spacial score (nSPS) is 11.3. The number of benzene rings is 1. The van der Waals surface area contributed by atoms with Gasteiger partial charge in [0, 0.05) is 18.2 Å². The van der Waals surface area contributed by atoms with Crippen molar-refractivity contribution in [3.05, 3.63) is 41.9 Å². The van der Waals surface area contributed by atoms with Crippen LogP contribution in [0.3, 0.4) is 0 Å². The summed E-state index contributed by atoms with van der Waals surface area (Å²) in [5.74, 6) is -2.14. The molecule has 7 heteroatoms. The van der Waals surface area contributed by atoms with Gasteiger partial charge in [-0.1, -0.05) is 0 Å². The summed E-state index contributed by atoms with van der Waals surface area (Å²) >= 11 is 0. The number of rotatable bonds is 4. The molecule has 0 N–H and O–H groups in total. The predicted octanol–water partition coefficient (Wildman–Crippen LogP) is 3.29. The first-order valence-corrected chi connectivity index (χ1v) is 4.25. The highest BCUT2D eigenvalue weighted by molar-refractivity contribution is 6.66. The molecule has 0 heterocycles. The summed E-state index contributed by atoms with van der Waals surface area (Å²) in [6.45, 7) is -3.26. The van der Waals surface area contributed by atoms with Gasteiger partial charge in [-0.2, -0.15) is 0 Å². The first kappa shape index (κ1) is 12.5. The lowest BCUT2D eigenvalue weighted by Crippen LogP contribution is -2.23. The van der Waals surface area contributed by atoms with Gasteiger partial charge in [0.05, 0.1) is 6.61 Å². The Labute approximate surface area is 88.6 Å². The van der Waals surface area contributed by atoms with Crippen LogP contribution < -0.4 is 4.74 Å². The van der Waals surface area contributed by atoms with Crippen molar-refractivity contribution in [1.82, 2.24) is 0 Å². The van der Waals surface area contributed by atoms with E-state index in [1.807, 2.05) is 0 Å². The minimum absolute atomic E-state index is 0.307. The third-order valence-corrected chi connectivity index (χ3v) is 1.72. The Morgan fingerprint density at radius 1 is 1.12 bits per heavy atom. The lowest BCUT2D eigenvalue weighted by molar-refractivity contribution is 0.342. The van der Waals surface area contributed by atoms with Gasteiger partial charge in [0.1, 0.15) is 17.4 Å². The summed E-state index contributed by atoms with van der Waals surface area (Å²) in [6, 6.07) is 2.18. The molecule has 1 aromatic rings. The molecule has 0 aliphatic heterocycles. The number of hydrogen-bond acceptors (Lipinski definition) is 1. The van der Waals surface area contributed by atoms with Gasteiger partial charge in [0.15, 0.2) is 0 Å². The Kier molecular flexibility index (Phi) is 3.56. The molecular formula is C9H7BF5O-. The van der Waals surface area contributed by atoms with Crippen LogP contribution in [0.2, 0.25) is 0 Å². The van der Waals surface area contributed by atoms with E-state index in [1.165, 1.54) is 0 Å². The molecule has 0 amide bonds. The van der Waals surface area contributed by atoms with Crippen molar-refractivity contribution < 1.29 is 26.5 Å². The minimum atomic E-state index is -5.19. The maximum Gasteiger partial charge on any atom is 0.508 e. The van der Waals surface area contributed by atoms with E-state index in [4.69, 9.17) is 0 Å². The summed E-state index contributed by atoms with van der Waals surface area (Å²) in [5, 5.41) is 0. The third-order valence-electron chi connectivity index (χ3n) is 1.72. The number of ether oxygens (including phenoxy) is 1. The Balaban J connectivity index is 2.65. The summed E-state index contributed by atoms with van der Waals surface area (Å²) in [5.41, 5.74) is -1.07. The molecule has 88 valence electrons. The average Bonchev–Trinajstić information content (AvgIpc) is 2.11. The molecule has 0 saturated heterocycles. The van der Waals surface area contributed by atoms with E-state index in [-0.39, 0.29) is 5.75 Å². The van der Waals surface area contributed by atoms with Crippen LogP contribution in [0.1, 0.15) is 0 Å². The maximum atomic E-state index is 12.6. The Hall–Kier alpha value is -1.53. The molecule has 0 bridgehead atoms. The van der Waals surface area contributed by atoms with Crippen molar-refractivity contribution in [3.63, 3.8) is 0 Å². The highest BCUT2D eigenvalue weighted by atomic mass is 19.4. The molecule has 0 aliphatic rings. The van der Waals surface area contributed by atoms with E-state index in [2.05, 4.69) is 11.3 Å². The van der Waals surface area contributed by atoms with E-state index in [1.54, 1.807) is 0 Å². The van der Waals surface area contributed by atoms with Gasteiger partial charge in [0.2, 0.25) is 0 Å². The highest BCUT2D eigenvalue weighted by Gasteiger charge is 2.26. The van der Waals surface area contributed by atoms with E-state index in [0.717, 1.165) is 12.1 Å². The third kappa shape index (κ3) is 3.56. The average molecular weight is 237 g/mol. The molecular weight excluding hydrogens is 230 g/mol. The molecule has 0 fully saturated rings. The van der Waals surface area contributed by atoms with Gasteiger partial charge in [-0.3, -0.25) is 0 Å². The molecule has 0 unspecified atom stereocenters. The monoisotopic (exact) mass is 237 g/mol. The molecule has 0 aliphatic carbocycles. The zero-order chi connectivity index (χ0) is 12.3. The van der Waals surface area contributed by atoms with Crippen molar-refractivity contribution in [1.29, 1.82) is 0 Å². The molecule has 16 heavy (non-hydrogen) atoms. The van der Waals surface area contributed by atoms with Crippen molar-refractivity contribution in [2.45, 2.75) is 0 Å². The van der Waals surface area contributed by atoms with Gasteiger partial charge >= 0.3 is 6.98 Å². The highest BCUT2D eigenvalue weighted by Crippen LogP contribution is 2.21. The van der Waals surface area contributed by atoms with Crippen LogP contribution in [0, 0.1) is 11.6 Å². The summed E-state index contributed by atoms with van der Waals surface area (Å²) < 4.78 is 66.0. The quantitative estimate of drug-likeness (QED) is 0.576. The van der Waals surface area contributed by atoms with Crippen LogP contribution in [0.4, 0.5) is 21.7 Å². The lowest BCUT2D eigenvalue weighted by Gasteiger charge is -2.18. The van der Waals surface area contributed by atoms with Crippen LogP contribution in [0.15, 0.2) is 30.3 Å². The predicted molar refractivity (Wildman–Crippen MR) is 50.1 cm³/mol. The van der Waals surface area contributed by atoms with Crippen molar-refractivity contribution >= 4 is 6.98 Å². The fourth-order valence-electron chi connectivity index (χ4n) is 0.882. The van der Waals surface area contributed by atoms with Crippen LogP contribution in [-0.4, -0.2) is 13.6 Å². The van der Waals surface area contributed by atoms with Crippen molar-refractivity contribution in [2.75, 3.05) is 6.61 Å². The Bertz CT molecular complexity index is 381. The van der Waals surface area contributed by atoms with E-state index in [0.29, 0.717) is 6.07 Å².